The molecule has 5 heteroatoms. The third-order valence-electron chi connectivity index (χ3n) is 34.0. The topological polar surface area (TPSA) is 19.7 Å². The van der Waals surface area contributed by atoms with Gasteiger partial charge in [0.25, 0.3) is 0 Å². The minimum absolute atomic E-state index is 0.0500. The summed E-state index contributed by atoms with van der Waals surface area (Å²) in [6, 6.07) is 160. The number of rotatable bonds is 7. The van der Waals surface area contributed by atoms with Gasteiger partial charge in [-0.15, -0.1) is 11.3 Å². The zero-order valence-electron chi connectivity index (χ0n) is 84.6. The fourth-order valence-electron chi connectivity index (χ4n) is 28.0. The lowest BCUT2D eigenvalue weighted by atomic mass is 9.76. The standard InChI is InChI=1S/C52H30N2S.C48H32N2.C44H38/c1-3-13-33(14-4-1)53-45-21-11-8-19-37(45)50-38-24-25-39-51-42(30-43-35-17-7-10-20-44(35)54(52(39)43)34-15-5-2-6-16-34)40(28-32(49(38)51)29-46(50)53)31-23-26-48-41(27-31)36-18-9-12-22-47(36)55-48;1-29-23-30(2)25-31(24-29)39-26-32-27-44-46(36-18-10-12-20-43(36)49(44)33-13-5-3-6-14-33)37-21-22-38-47(45(32)37)40(39)28-41-35-17-9-11-19-42(35)50(48(38)41)34-15-7-4-8-16-34;1-23-9-13-36-31(18-23)33-22-32-30(28-16-25(3)15-26(4)17-28)21-35-39-27(11-12-29(41(32)39)42(33)44(36,7)8)20-38-40(35)34-19-24(2)10-14-37(34)43(38,5)6/h1-30H;3-28H,1-2H3;9-22H,1-8H3. The normalized spacial score (nSPS) is 13.3. The molecule has 4 nitrogen and oxygen atoms in total. The highest BCUT2D eigenvalue weighted by atomic mass is 32.1. The number of aromatic nitrogens is 4. The second kappa shape index (κ2) is 31.4. The summed E-state index contributed by atoms with van der Waals surface area (Å²) >= 11 is 1.88. The van der Waals surface area contributed by atoms with E-state index in [1.54, 1.807) is 0 Å². The smallest absolute Gasteiger partial charge is 0.0620 e. The average molecular weight is 1920 g/mol. The van der Waals surface area contributed by atoms with E-state index in [0.29, 0.717) is 0 Å². The highest BCUT2D eigenvalue weighted by Crippen LogP contribution is 2.61. The lowest BCUT2D eigenvalue weighted by Crippen LogP contribution is -2.16. The van der Waals surface area contributed by atoms with Gasteiger partial charge in [-0.2, -0.15) is 0 Å². The predicted octanol–water partition coefficient (Wildman–Crippen LogP) is 40.0. The Morgan fingerprint density at radius 1 is 0.181 bits per heavy atom. The van der Waals surface area contributed by atoms with Gasteiger partial charge in [-0.25, -0.2) is 0 Å². The summed E-state index contributed by atoms with van der Waals surface area (Å²) in [4.78, 5) is 0. The first-order valence-electron chi connectivity index (χ1n) is 52.5. The summed E-state index contributed by atoms with van der Waals surface area (Å²) in [7, 11) is 0. The first-order valence-corrected chi connectivity index (χ1v) is 53.3. The predicted molar refractivity (Wildman–Crippen MR) is 641 cm³/mol. The number of hydrogen-bond donors (Lipinski definition) is 0. The quantitative estimate of drug-likeness (QED) is 0.142. The number of aryl methyl sites for hydroxylation is 6. The van der Waals surface area contributed by atoms with E-state index < -0.39 is 0 Å². The van der Waals surface area contributed by atoms with E-state index in [1.807, 2.05) is 11.3 Å². The van der Waals surface area contributed by atoms with Crippen LogP contribution in [0.25, 0.3) is 283 Å². The molecular weight excluding hydrogens is 1820 g/mol. The van der Waals surface area contributed by atoms with E-state index in [4.69, 9.17) is 0 Å². The van der Waals surface area contributed by atoms with Crippen LogP contribution in [0.15, 0.2) is 425 Å². The molecule has 0 unspecified atom stereocenters. The van der Waals surface area contributed by atoms with Crippen LogP contribution in [-0.4, -0.2) is 18.3 Å². The number of para-hydroxylation sites is 8. The second-order valence-electron chi connectivity index (χ2n) is 43.7. The van der Waals surface area contributed by atoms with E-state index in [-0.39, 0.29) is 10.8 Å². The van der Waals surface area contributed by atoms with Gasteiger partial charge in [0.05, 0.1) is 44.1 Å². The van der Waals surface area contributed by atoms with Crippen LogP contribution in [-0.2, 0) is 10.8 Å². The molecule has 0 N–H and O–H groups in total. The summed E-state index contributed by atoms with van der Waals surface area (Å²) < 4.78 is 12.5. The molecule has 149 heavy (non-hydrogen) atoms. The van der Waals surface area contributed by atoms with Gasteiger partial charge in [-0.1, -0.05) is 340 Å². The zero-order chi connectivity index (χ0) is 99.3. The molecule has 5 aromatic heterocycles. The van der Waals surface area contributed by atoms with Gasteiger partial charge in [-0.3, -0.25) is 0 Å². The van der Waals surface area contributed by atoms with Crippen LogP contribution in [0.3, 0.4) is 0 Å². The molecule has 0 bridgehead atoms. The molecule has 0 saturated carbocycles. The molecule has 0 saturated heterocycles. The maximum absolute atomic E-state index is 2.55. The number of hydrogen-bond acceptors (Lipinski definition) is 1. The molecule has 0 amide bonds. The molecule has 0 spiro atoms. The summed E-state index contributed by atoms with van der Waals surface area (Å²) in [5.74, 6) is 0. The third kappa shape index (κ3) is 12.2. The maximum Gasteiger partial charge on any atom is 0.0620 e. The fourth-order valence-corrected chi connectivity index (χ4v) is 29.0. The number of fused-ring (bicyclic) bond motifs is 27. The van der Waals surface area contributed by atoms with Gasteiger partial charge in [0.2, 0.25) is 0 Å². The third-order valence-corrected chi connectivity index (χ3v) is 35.1. The molecule has 0 atom stereocenters. The molecule has 33 rings (SSSR count). The molecule has 0 radical (unpaired) electrons. The molecule has 702 valence electrons. The van der Waals surface area contributed by atoms with Crippen LogP contribution in [0.2, 0.25) is 0 Å². The van der Waals surface area contributed by atoms with Gasteiger partial charge >= 0.3 is 0 Å². The van der Waals surface area contributed by atoms with E-state index in [2.05, 4.69) is 512 Å². The Bertz CT molecular complexity index is 11200. The molecule has 0 fully saturated rings. The Kier molecular flexibility index (Phi) is 18.1. The highest BCUT2D eigenvalue weighted by molar-refractivity contribution is 7.25. The Hall–Kier alpha value is -17.7. The van der Waals surface area contributed by atoms with Crippen molar-refractivity contribution in [3.05, 3.63) is 480 Å². The molecule has 0 aliphatic heterocycles. The van der Waals surface area contributed by atoms with E-state index in [0.717, 1.165) is 0 Å². The van der Waals surface area contributed by atoms with Crippen molar-refractivity contribution in [3.8, 4) is 78.4 Å². The van der Waals surface area contributed by atoms with Crippen molar-refractivity contribution in [1.29, 1.82) is 0 Å². The second-order valence-corrected chi connectivity index (χ2v) is 44.7. The summed E-state index contributed by atoms with van der Waals surface area (Å²) in [6.45, 7) is 23.0. The summed E-state index contributed by atoms with van der Waals surface area (Å²) in [5.41, 5.74) is 41.4. The largest absolute Gasteiger partial charge is 0.309 e. The van der Waals surface area contributed by atoms with Crippen LogP contribution >= 0.6 is 11.3 Å². The molecule has 26 aromatic carbocycles. The average Bonchev–Trinajstić information content (AvgIpc) is 1.55. The van der Waals surface area contributed by atoms with Crippen molar-refractivity contribution >= 4 is 216 Å². The number of thiophene rings is 1. The van der Waals surface area contributed by atoms with Crippen LogP contribution in [0.5, 0.6) is 0 Å². The van der Waals surface area contributed by atoms with Crippen LogP contribution < -0.4 is 0 Å². The maximum atomic E-state index is 2.55. The van der Waals surface area contributed by atoms with Gasteiger partial charge in [0.15, 0.2) is 0 Å². The van der Waals surface area contributed by atoms with Gasteiger partial charge in [0.1, 0.15) is 0 Å². The van der Waals surface area contributed by atoms with Crippen LogP contribution in [0, 0.1) is 41.5 Å². The first-order chi connectivity index (χ1) is 72.9. The molecule has 2 aliphatic rings. The summed E-state index contributed by atoms with van der Waals surface area (Å²) in [6.07, 6.45) is 0. The SMILES string of the molecule is Cc1cc(C)cc(-c2cc3c4c(cc5ccc6c7c(cc2c6c53)-c2cc(C)ccc2C7(C)C)C(C)(C)c2ccc(C)cc2-4)c1.Cc1cc(C)cc(-c2cc3cc4c(c5ccc6c(c2cc2c7ccccc7n(-c7ccccc7)c26)c35)c2ccccc2n4-c2ccccc2)c1.c1ccc(-n2c3ccccc3c3c4ccc5c6c(cc7c8ccccc8n(-c8ccccc8)c75)c(-c5ccc7sc8ccccc8c7c5)cc(cc32)c46)cc1. The lowest BCUT2D eigenvalue weighted by Gasteiger charge is -2.26. The van der Waals surface area contributed by atoms with Crippen LogP contribution in [0.4, 0.5) is 0 Å². The summed E-state index contributed by atoms with van der Waals surface area (Å²) in [5, 5.41) is 36.9. The number of benzene rings is 26. The van der Waals surface area contributed by atoms with Crippen molar-refractivity contribution in [2.75, 3.05) is 0 Å². The van der Waals surface area contributed by atoms with Gasteiger partial charge in [-0.05, 0) is 340 Å². The Balaban J connectivity index is 0.000000101. The van der Waals surface area contributed by atoms with Crippen molar-refractivity contribution in [3.63, 3.8) is 0 Å². The minimum atomic E-state index is -0.0750. The molecule has 5 heterocycles. The Labute approximate surface area is 866 Å². The van der Waals surface area contributed by atoms with Crippen molar-refractivity contribution < 1.29 is 0 Å². The molecule has 31 aromatic rings. The Morgan fingerprint density at radius 3 is 1.08 bits per heavy atom. The lowest BCUT2D eigenvalue weighted by molar-refractivity contribution is 0.661. The van der Waals surface area contributed by atoms with E-state index in [1.165, 1.54) is 338 Å². The van der Waals surface area contributed by atoms with Crippen molar-refractivity contribution in [2.45, 2.75) is 80.1 Å². The van der Waals surface area contributed by atoms with Crippen molar-refractivity contribution in [2.24, 2.45) is 0 Å². The first kappa shape index (κ1) is 85.6. The fraction of sp³-hybridized carbons (Fsp3) is 0.0833. The zero-order valence-corrected chi connectivity index (χ0v) is 85.4. The Morgan fingerprint density at radius 2 is 0.570 bits per heavy atom. The van der Waals surface area contributed by atoms with Gasteiger partial charge < -0.3 is 18.3 Å². The monoisotopic (exact) mass is 1920 g/mol. The highest BCUT2D eigenvalue weighted by Gasteiger charge is 2.42. The molecular formula is C144H100N4S. The van der Waals surface area contributed by atoms with Gasteiger partial charge in [0, 0.05) is 118 Å². The number of nitrogens with zero attached hydrogens (tertiary/aromatic N) is 4. The van der Waals surface area contributed by atoms with E-state index >= 15 is 0 Å². The van der Waals surface area contributed by atoms with Crippen molar-refractivity contribution in [1.82, 2.24) is 18.3 Å². The molecule has 2 aliphatic carbocycles. The minimum Gasteiger partial charge on any atom is -0.309 e. The van der Waals surface area contributed by atoms with Crippen LogP contribution in [0.1, 0.15) is 83.3 Å². The van der Waals surface area contributed by atoms with E-state index in [9.17, 15) is 0 Å².